The van der Waals surface area contributed by atoms with Gasteiger partial charge in [0.1, 0.15) is 0 Å². The van der Waals surface area contributed by atoms with Crippen molar-refractivity contribution in [3.8, 4) is 55.6 Å². The van der Waals surface area contributed by atoms with Crippen LogP contribution in [0.5, 0.6) is 0 Å². The quantitative estimate of drug-likeness (QED) is 0.152. The van der Waals surface area contributed by atoms with E-state index in [1.165, 1.54) is 138 Å². The van der Waals surface area contributed by atoms with Crippen LogP contribution in [-0.2, 0) is 11.8 Å². The standard InChI is InChI=1S/C65H44/c1-65(2)59-37-47(39-13-15-42(16-14-39)51-29-19-45-21-33-55-49(40-9-5-3-6-10-40)27-17-43-23-35-57(51)63(45)61(43)55)25-31-53(59)54-32-26-48(38-60(54)65)52-30-20-46-22-34-56-50(41-11-7-4-8-12-41)28-18-44-24-36-58(52)64(46)62(44)56/h3-21,23-38,50H,22H2,1-2H3. The van der Waals surface area contributed by atoms with Gasteiger partial charge in [0.05, 0.1) is 0 Å². The minimum Gasteiger partial charge on any atom is -0.0753 e. The van der Waals surface area contributed by atoms with Gasteiger partial charge in [-0.3, -0.25) is 0 Å². The molecule has 0 N–H and O–H groups in total. The second kappa shape index (κ2) is 13.6. The van der Waals surface area contributed by atoms with E-state index in [0.717, 1.165) is 6.42 Å². The van der Waals surface area contributed by atoms with Crippen LogP contribution < -0.4 is 0 Å². The Labute approximate surface area is 379 Å². The van der Waals surface area contributed by atoms with E-state index in [1.54, 1.807) is 0 Å². The number of fused-ring (bicyclic) bond motifs is 3. The molecule has 0 heteroatoms. The second-order valence-corrected chi connectivity index (χ2v) is 19.1. The lowest BCUT2D eigenvalue weighted by Gasteiger charge is -2.30. The average Bonchev–Trinajstić information content (AvgIpc) is 3.59. The number of hydrogen-bond acceptors (Lipinski definition) is 0. The number of allylic oxidation sites excluding steroid dienone is 3. The molecule has 14 rings (SSSR count). The van der Waals surface area contributed by atoms with Gasteiger partial charge in [0.15, 0.2) is 0 Å². The van der Waals surface area contributed by atoms with Crippen LogP contribution in [0, 0.1) is 0 Å². The first-order valence-corrected chi connectivity index (χ1v) is 23.2. The lowest BCUT2D eigenvalue weighted by Crippen LogP contribution is -2.15. The Kier molecular flexibility index (Phi) is 7.67. The predicted octanol–water partition coefficient (Wildman–Crippen LogP) is 17.5. The zero-order chi connectivity index (χ0) is 43.0. The van der Waals surface area contributed by atoms with Crippen LogP contribution in [0.3, 0.4) is 0 Å². The fraction of sp³-hybridized carbons (Fsp3) is 0.0769. The minimum atomic E-state index is -0.150. The topological polar surface area (TPSA) is 0 Å². The molecule has 0 aromatic heterocycles. The summed E-state index contributed by atoms with van der Waals surface area (Å²) in [5.74, 6) is 0.280. The molecule has 0 saturated heterocycles. The van der Waals surface area contributed by atoms with Gasteiger partial charge in [-0.1, -0.05) is 214 Å². The largest absolute Gasteiger partial charge is 0.0753 e. The summed E-state index contributed by atoms with van der Waals surface area (Å²) in [7, 11) is 0. The van der Waals surface area contributed by atoms with Gasteiger partial charge >= 0.3 is 0 Å². The lowest BCUT2D eigenvalue weighted by molar-refractivity contribution is 0.661. The highest BCUT2D eigenvalue weighted by Gasteiger charge is 2.36. The van der Waals surface area contributed by atoms with E-state index in [0.29, 0.717) is 0 Å². The van der Waals surface area contributed by atoms with Crippen molar-refractivity contribution in [2.24, 2.45) is 0 Å². The first-order valence-electron chi connectivity index (χ1n) is 23.2. The normalized spacial score (nSPS) is 15.5. The molecule has 11 aromatic carbocycles. The van der Waals surface area contributed by atoms with Crippen molar-refractivity contribution in [1.29, 1.82) is 0 Å². The van der Waals surface area contributed by atoms with E-state index < -0.39 is 0 Å². The molecule has 3 aliphatic rings. The van der Waals surface area contributed by atoms with Gasteiger partial charge in [-0.05, 0) is 156 Å². The Balaban J connectivity index is 0.804. The van der Waals surface area contributed by atoms with Gasteiger partial charge in [-0.2, -0.15) is 0 Å². The molecule has 11 aromatic rings. The highest BCUT2D eigenvalue weighted by molar-refractivity contribution is 6.27. The summed E-state index contributed by atoms with van der Waals surface area (Å²) in [6.07, 6.45) is 8.18. The van der Waals surface area contributed by atoms with Gasteiger partial charge in [0.2, 0.25) is 0 Å². The average molecular weight is 825 g/mol. The second-order valence-electron chi connectivity index (χ2n) is 19.1. The Morgan fingerprint density at radius 1 is 0.415 bits per heavy atom. The highest BCUT2D eigenvalue weighted by Crippen LogP contribution is 2.53. The molecule has 1 unspecified atom stereocenters. The third kappa shape index (κ3) is 5.32. The van der Waals surface area contributed by atoms with Crippen LogP contribution in [0.2, 0.25) is 0 Å². The van der Waals surface area contributed by atoms with Crippen LogP contribution in [0.25, 0.3) is 110 Å². The van der Waals surface area contributed by atoms with Crippen molar-refractivity contribution in [3.05, 3.63) is 240 Å². The van der Waals surface area contributed by atoms with Crippen LogP contribution in [0.4, 0.5) is 0 Å². The van der Waals surface area contributed by atoms with Crippen molar-refractivity contribution >= 4 is 54.7 Å². The number of benzene rings is 11. The molecule has 0 nitrogen and oxygen atoms in total. The third-order valence-electron chi connectivity index (χ3n) is 15.4. The monoisotopic (exact) mass is 824 g/mol. The van der Waals surface area contributed by atoms with Crippen LogP contribution in [0.15, 0.2) is 206 Å². The Bertz CT molecular complexity index is 3840. The fourth-order valence-corrected chi connectivity index (χ4v) is 12.1. The summed E-state index contributed by atoms with van der Waals surface area (Å²) in [6, 6.07) is 73.3. The van der Waals surface area contributed by atoms with Gasteiger partial charge in [0, 0.05) is 11.3 Å². The summed E-state index contributed by atoms with van der Waals surface area (Å²) in [5, 5.41) is 10.7. The summed E-state index contributed by atoms with van der Waals surface area (Å²) in [4.78, 5) is 0. The number of rotatable bonds is 5. The fourth-order valence-electron chi connectivity index (χ4n) is 12.1. The van der Waals surface area contributed by atoms with E-state index in [-0.39, 0.29) is 11.3 Å². The smallest absolute Gasteiger partial charge is 0.0276 e. The van der Waals surface area contributed by atoms with Gasteiger partial charge in [0.25, 0.3) is 0 Å². The van der Waals surface area contributed by atoms with E-state index >= 15 is 0 Å². The lowest BCUT2D eigenvalue weighted by atomic mass is 9.74. The zero-order valence-corrected chi connectivity index (χ0v) is 36.5. The zero-order valence-electron chi connectivity index (χ0n) is 36.5. The van der Waals surface area contributed by atoms with E-state index in [1.807, 2.05) is 0 Å². The highest BCUT2D eigenvalue weighted by atomic mass is 14.4. The molecule has 0 amide bonds. The summed E-state index contributed by atoms with van der Waals surface area (Å²) in [5.41, 5.74) is 22.5. The molecule has 0 fully saturated rings. The molecule has 0 bridgehead atoms. The van der Waals surface area contributed by atoms with Crippen molar-refractivity contribution in [2.45, 2.75) is 31.6 Å². The van der Waals surface area contributed by atoms with Crippen molar-refractivity contribution in [3.63, 3.8) is 0 Å². The first kappa shape index (κ1) is 36.7. The van der Waals surface area contributed by atoms with Gasteiger partial charge in [-0.15, -0.1) is 0 Å². The Morgan fingerprint density at radius 2 is 0.923 bits per heavy atom. The molecule has 0 aliphatic heterocycles. The van der Waals surface area contributed by atoms with E-state index in [2.05, 4.69) is 226 Å². The molecule has 0 spiro atoms. The van der Waals surface area contributed by atoms with E-state index in [4.69, 9.17) is 0 Å². The minimum absolute atomic E-state index is 0.150. The van der Waals surface area contributed by atoms with Crippen LogP contribution in [-0.4, -0.2) is 0 Å². The molecular weight excluding hydrogens is 781 g/mol. The molecule has 304 valence electrons. The molecule has 0 heterocycles. The molecule has 3 aliphatic carbocycles. The molecule has 0 radical (unpaired) electrons. The molecule has 65 heavy (non-hydrogen) atoms. The van der Waals surface area contributed by atoms with Gasteiger partial charge < -0.3 is 0 Å². The summed E-state index contributed by atoms with van der Waals surface area (Å²) < 4.78 is 0. The van der Waals surface area contributed by atoms with E-state index in [9.17, 15) is 0 Å². The SMILES string of the molecule is CC1(C)c2cc(-c3ccc(-c4ccc5ccc6c(-c7ccccc7)ccc7ccc4c5c76)cc3)ccc2-c2ccc(-c3ccc4c5c6c(ccc35)C=CC(c3ccccc3)C6=CC4)cc21. The van der Waals surface area contributed by atoms with Crippen molar-refractivity contribution in [2.75, 3.05) is 0 Å². The maximum absolute atomic E-state index is 2.49. The predicted molar refractivity (Wildman–Crippen MR) is 277 cm³/mol. The Hall–Kier alpha value is -7.80. The Morgan fingerprint density at radius 3 is 1.62 bits per heavy atom. The maximum Gasteiger partial charge on any atom is 0.0276 e. The molecule has 1 atom stereocenters. The van der Waals surface area contributed by atoms with Crippen molar-refractivity contribution in [1.82, 2.24) is 0 Å². The van der Waals surface area contributed by atoms with Crippen molar-refractivity contribution < 1.29 is 0 Å². The maximum atomic E-state index is 2.49. The molecular formula is C65H44. The van der Waals surface area contributed by atoms with Crippen LogP contribution >= 0.6 is 0 Å². The third-order valence-corrected chi connectivity index (χ3v) is 15.4. The van der Waals surface area contributed by atoms with Crippen LogP contribution in [0.1, 0.15) is 53.1 Å². The van der Waals surface area contributed by atoms with Gasteiger partial charge in [-0.25, -0.2) is 0 Å². The summed E-state index contributed by atoms with van der Waals surface area (Å²) in [6.45, 7) is 4.82. The summed E-state index contributed by atoms with van der Waals surface area (Å²) >= 11 is 0. The number of hydrogen-bond donors (Lipinski definition) is 0. The first-order chi connectivity index (χ1) is 32.0. The molecule has 0 saturated carbocycles.